The van der Waals surface area contributed by atoms with Gasteiger partial charge >= 0.3 is 0 Å². The number of unbranched alkanes of at least 4 members (excludes halogenated alkanes) is 1. The zero-order valence-electron chi connectivity index (χ0n) is 15.6. The van der Waals surface area contributed by atoms with E-state index in [1.54, 1.807) is 6.21 Å². The maximum atomic E-state index is 5.76. The van der Waals surface area contributed by atoms with Crippen LogP contribution in [0.25, 0.3) is 10.9 Å². The van der Waals surface area contributed by atoms with Crippen LogP contribution in [0.1, 0.15) is 39.2 Å². The molecule has 136 valence electrons. The average molecular weight is 343 g/mol. The van der Waals surface area contributed by atoms with Crippen LogP contribution in [0.15, 0.2) is 35.5 Å². The number of para-hydroxylation sites is 1. The number of fused-ring (bicyclic) bond motifs is 1. The molecule has 1 heterocycles. The summed E-state index contributed by atoms with van der Waals surface area (Å²) in [5.41, 5.74) is 1.86. The van der Waals surface area contributed by atoms with Gasteiger partial charge in [0, 0.05) is 23.6 Å². The van der Waals surface area contributed by atoms with Crippen molar-refractivity contribution in [2.24, 2.45) is 5.16 Å². The van der Waals surface area contributed by atoms with Gasteiger partial charge in [0.25, 0.3) is 0 Å². The Morgan fingerprint density at radius 2 is 1.92 bits per heavy atom. The minimum Gasteiger partial charge on any atom is -0.478 e. The Kier molecular flexibility index (Phi) is 8.19. The van der Waals surface area contributed by atoms with Gasteiger partial charge in [-0.3, -0.25) is 0 Å². The number of rotatable bonds is 11. The fraction of sp³-hybridized carbons (Fsp3) is 0.500. The van der Waals surface area contributed by atoms with E-state index in [4.69, 9.17) is 9.57 Å². The molecule has 1 aromatic carbocycles. The van der Waals surface area contributed by atoms with E-state index in [0.717, 1.165) is 48.9 Å². The predicted octanol–water partition coefficient (Wildman–Crippen LogP) is 4.11. The number of likely N-dealkylation sites (N-methyl/N-ethyl adjacent to an activating group) is 1. The topological polar surface area (TPSA) is 47.0 Å². The van der Waals surface area contributed by atoms with Gasteiger partial charge in [0.1, 0.15) is 6.61 Å². The van der Waals surface area contributed by atoms with Gasteiger partial charge in [-0.05, 0) is 25.6 Å². The van der Waals surface area contributed by atoms with Crippen molar-refractivity contribution in [3.63, 3.8) is 0 Å². The molecule has 0 N–H and O–H groups in total. The van der Waals surface area contributed by atoms with E-state index in [-0.39, 0.29) is 0 Å². The number of nitrogens with zero attached hydrogens (tertiary/aromatic N) is 3. The Morgan fingerprint density at radius 1 is 1.12 bits per heavy atom. The van der Waals surface area contributed by atoms with E-state index >= 15 is 0 Å². The number of hydrogen-bond acceptors (Lipinski definition) is 5. The van der Waals surface area contributed by atoms with Crippen molar-refractivity contribution in [3.05, 3.63) is 35.9 Å². The van der Waals surface area contributed by atoms with Crippen molar-refractivity contribution in [1.29, 1.82) is 0 Å². The van der Waals surface area contributed by atoms with Gasteiger partial charge in [-0.25, -0.2) is 4.98 Å². The van der Waals surface area contributed by atoms with Crippen molar-refractivity contribution in [2.75, 3.05) is 32.8 Å². The quantitative estimate of drug-likeness (QED) is 0.350. The maximum Gasteiger partial charge on any atom is 0.214 e. The van der Waals surface area contributed by atoms with Crippen LogP contribution in [0.3, 0.4) is 0 Å². The molecule has 25 heavy (non-hydrogen) atoms. The van der Waals surface area contributed by atoms with Gasteiger partial charge in [0.15, 0.2) is 0 Å². The molecule has 0 aliphatic carbocycles. The molecule has 0 saturated heterocycles. The highest BCUT2D eigenvalue weighted by atomic mass is 16.6. The summed E-state index contributed by atoms with van der Waals surface area (Å²) < 4.78 is 5.76. The van der Waals surface area contributed by atoms with Gasteiger partial charge in [-0.15, -0.1) is 0 Å². The minimum atomic E-state index is 0.584. The molecular weight excluding hydrogens is 314 g/mol. The van der Waals surface area contributed by atoms with E-state index in [1.807, 2.05) is 30.3 Å². The van der Waals surface area contributed by atoms with Crippen LogP contribution in [0.5, 0.6) is 5.88 Å². The Morgan fingerprint density at radius 3 is 2.68 bits per heavy atom. The van der Waals surface area contributed by atoms with E-state index in [2.05, 4.69) is 35.8 Å². The van der Waals surface area contributed by atoms with Crippen LogP contribution >= 0.6 is 0 Å². The summed E-state index contributed by atoms with van der Waals surface area (Å²) in [6.45, 7) is 10.6. The molecule has 0 aliphatic heterocycles. The van der Waals surface area contributed by atoms with Crippen LogP contribution in [-0.2, 0) is 4.84 Å². The van der Waals surface area contributed by atoms with Gasteiger partial charge in [0.2, 0.25) is 5.88 Å². The lowest BCUT2D eigenvalue weighted by molar-refractivity contribution is 0.115. The molecule has 2 rings (SSSR count). The summed E-state index contributed by atoms with van der Waals surface area (Å²) in [7, 11) is 0. The molecule has 0 atom stereocenters. The Bertz CT molecular complexity index is 669. The van der Waals surface area contributed by atoms with E-state index in [1.165, 1.54) is 0 Å². The number of pyridine rings is 1. The molecule has 2 aromatic rings. The number of aromatic nitrogens is 1. The summed E-state index contributed by atoms with van der Waals surface area (Å²) in [5, 5.41) is 5.18. The average Bonchev–Trinajstić information content (AvgIpc) is 2.65. The van der Waals surface area contributed by atoms with Crippen LogP contribution in [0.4, 0.5) is 0 Å². The van der Waals surface area contributed by atoms with Crippen molar-refractivity contribution in [1.82, 2.24) is 9.88 Å². The zero-order chi connectivity index (χ0) is 17.9. The second-order valence-corrected chi connectivity index (χ2v) is 5.86. The van der Waals surface area contributed by atoms with Crippen LogP contribution in [-0.4, -0.2) is 48.9 Å². The minimum absolute atomic E-state index is 0.584. The standard InChI is InChI=1S/C20H29N3O2/c1-4-7-13-24-20-15-17(18-10-8-9-11-19(18)22-20)16-21-25-14-12-23(5-2)6-3/h8-11,15-16H,4-7,12-14H2,1-3H3/b21-16+. The summed E-state index contributed by atoms with van der Waals surface area (Å²) in [4.78, 5) is 12.3. The third-order valence-corrected chi connectivity index (χ3v) is 4.13. The highest BCUT2D eigenvalue weighted by molar-refractivity contribution is 5.98. The zero-order valence-corrected chi connectivity index (χ0v) is 15.6. The second kappa shape index (κ2) is 10.7. The molecule has 0 amide bonds. The lowest BCUT2D eigenvalue weighted by Gasteiger charge is -2.16. The summed E-state index contributed by atoms with van der Waals surface area (Å²) in [5.74, 6) is 0.636. The molecule has 0 unspecified atom stereocenters. The fourth-order valence-corrected chi connectivity index (χ4v) is 2.54. The van der Waals surface area contributed by atoms with Gasteiger partial charge < -0.3 is 14.5 Å². The number of benzene rings is 1. The molecular formula is C20H29N3O2. The first-order valence-corrected chi connectivity index (χ1v) is 9.18. The highest BCUT2D eigenvalue weighted by Gasteiger charge is 2.05. The molecule has 0 fully saturated rings. The van der Waals surface area contributed by atoms with Crippen molar-refractivity contribution < 1.29 is 9.57 Å². The largest absolute Gasteiger partial charge is 0.478 e. The van der Waals surface area contributed by atoms with Crippen molar-refractivity contribution in [3.8, 4) is 5.88 Å². The van der Waals surface area contributed by atoms with E-state index < -0.39 is 0 Å². The molecule has 1 aromatic heterocycles. The molecule has 0 saturated carbocycles. The SMILES string of the molecule is CCCCOc1cc(/C=N/OCCN(CC)CC)c2ccccc2n1. The molecule has 0 bridgehead atoms. The van der Waals surface area contributed by atoms with E-state index in [0.29, 0.717) is 19.1 Å². The van der Waals surface area contributed by atoms with Crippen LogP contribution in [0, 0.1) is 0 Å². The predicted molar refractivity (Wildman–Crippen MR) is 103 cm³/mol. The molecule has 0 spiro atoms. The van der Waals surface area contributed by atoms with Gasteiger partial charge in [-0.2, -0.15) is 0 Å². The summed E-state index contributed by atoms with van der Waals surface area (Å²) in [6, 6.07) is 9.93. The van der Waals surface area contributed by atoms with E-state index in [9.17, 15) is 0 Å². The van der Waals surface area contributed by atoms with Gasteiger partial charge in [-0.1, -0.05) is 50.5 Å². The third kappa shape index (κ3) is 6.02. The Balaban J connectivity index is 2.05. The summed E-state index contributed by atoms with van der Waals surface area (Å²) >= 11 is 0. The number of hydrogen-bond donors (Lipinski definition) is 0. The van der Waals surface area contributed by atoms with Crippen molar-refractivity contribution >= 4 is 17.1 Å². The van der Waals surface area contributed by atoms with Crippen LogP contribution < -0.4 is 4.74 Å². The normalized spacial score (nSPS) is 11.5. The molecule has 5 heteroatoms. The number of oxime groups is 1. The fourth-order valence-electron chi connectivity index (χ4n) is 2.54. The Hall–Kier alpha value is -2.14. The molecule has 0 aliphatic rings. The highest BCUT2D eigenvalue weighted by Crippen LogP contribution is 2.21. The monoisotopic (exact) mass is 343 g/mol. The molecule has 0 radical (unpaired) electrons. The number of ether oxygens (including phenoxy) is 1. The Labute approximate surface area is 150 Å². The van der Waals surface area contributed by atoms with Gasteiger partial charge in [0.05, 0.1) is 18.3 Å². The van der Waals surface area contributed by atoms with Crippen molar-refractivity contribution in [2.45, 2.75) is 33.6 Å². The smallest absolute Gasteiger partial charge is 0.214 e. The first kappa shape index (κ1) is 19.2. The lowest BCUT2D eigenvalue weighted by Crippen LogP contribution is -2.26. The van der Waals surface area contributed by atoms with Crippen LogP contribution in [0.2, 0.25) is 0 Å². The first-order chi connectivity index (χ1) is 12.3. The lowest BCUT2D eigenvalue weighted by atomic mass is 10.1. The first-order valence-electron chi connectivity index (χ1n) is 9.18. The second-order valence-electron chi connectivity index (χ2n) is 5.86. The summed E-state index contributed by atoms with van der Waals surface area (Å²) in [6.07, 6.45) is 3.87. The molecule has 5 nitrogen and oxygen atoms in total. The maximum absolute atomic E-state index is 5.76. The third-order valence-electron chi connectivity index (χ3n) is 4.13.